The van der Waals surface area contributed by atoms with Crippen molar-refractivity contribution in [1.29, 1.82) is 0 Å². The lowest BCUT2D eigenvalue weighted by molar-refractivity contribution is -0.122. The first kappa shape index (κ1) is 24.9. The third-order valence-corrected chi connectivity index (χ3v) is 5.96. The molecule has 3 N–H and O–H groups in total. The number of nitrogens with two attached hydrogens (primary N) is 1. The van der Waals surface area contributed by atoms with E-state index in [1.165, 1.54) is 17.5 Å². The Hall–Kier alpha value is -2.34. The molecule has 1 aromatic heterocycles. The van der Waals surface area contributed by atoms with Gasteiger partial charge in [0.05, 0.1) is 18.1 Å². The van der Waals surface area contributed by atoms with E-state index in [0.717, 1.165) is 25.1 Å². The Morgan fingerprint density at radius 3 is 2.32 bits per heavy atom. The molecule has 0 unspecified atom stereocenters. The predicted molar refractivity (Wildman–Crippen MR) is 129 cm³/mol. The van der Waals surface area contributed by atoms with E-state index in [0.29, 0.717) is 13.0 Å². The number of amides is 1. The lowest BCUT2D eigenvalue weighted by atomic mass is 9.64. The van der Waals surface area contributed by atoms with Crippen LogP contribution in [0.2, 0.25) is 0 Å². The van der Waals surface area contributed by atoms with Crippen LogP contribution in [0.4, 0.5) is 0 Å². The maximum Gasteiger partial charge on any atom is 0.237 e. The van der Waals surface area contributed by atoms with E-state index in [1.54, 1.807) is 6.33 Å². The summed E-state index contributed by atoms with van der Waals surface area (Å²) in [5.74, 6) is -0.107. The maximum absolute atomic E-state index is 12.6. The van der Waals surface area contributed by atoms with Crippen LogP contribution in [0.3, 0.4) is 0 Å². The van der Waals surface area contributed by atoms with Gasteiger partial charge in [-0.3, -0.25) is 4.79 Å². The Bertz CT molecular complexity index is 942. The summed E-state index contributed by atoms with van der Waals surface area (Å²) in [7, 11) is 0. The van der Waals surface area contributed by atoms with Crippen molar-refractivity contribution in [1.82, 2.24) is 14.9 Å². The molecule has 1 saturated carbocycles. The number of carbonyl (C=O) groups excluding carboxylic acids is 1. The van der Waals surface area contributed by atoms with Crippen LogP contribution in [0.15, 0.2) is 73.2 Å². The van der Waals surface area contributed by atoms with E-state index in [-0.39, 0.29) is 36.1 Å². The smallest absolute Gasteiger partial charge is 0.237 e. The molecule has 1 amide bonds. The second kappa shape index (κ2) is 11.3. The van der Waals surface area contributed by atoms with Crippen molar-refractivity contribution < 1.29 is 4.79 Å². The first-order valence-corrected chi connectivity index (χ1v) is 10.3. The van der Waals surface area contributed by atoms with Gasteiger partial charge in [0, 0.05) is 31.1 Å². The number of carbonyl (C=O) groups is 1. The van der Waals surface area contributed by atoms with E-state index in [4.69, 9.17) is 5.73 Å². The number of nitrogens with one attached hydrogen (secondary N) is 1. The van der Waals surface area contributed by atoms with Crippen molar-refractivity contribution in [3.63, 3.8) is 0 Å². The zero-order valence-electron chi connectivity index (χ0n) is 17.4. The summed E-state index contributed by atoms with van der Waals surface area (Å²) in [6, 6.07) is 20.1. The van der Waals surface area contributed by atoms with Gasteiger partial charge in [-0.2, -0.15) is 0 Å². The fourth-order valence-electron chi connectivity index (χ4n) is 4.06. The zero-order valence-corrected chi connectivity index (χ0v) is 19.1. The van der Waals surface area contributed by atoms with Gasteiger partial charge in [0.1, 0.15) is 0 Å². The molecule has 1 aliphatic carbocycles. The van der Waals surface area contributed by atoms with Crippen LogP contribution in [0.25, 0.3) is 0 Å². The number of aromatic nitrogens is 2. The van der Waals surface area contributed by atoms with Gasteiger partial charge in [0.2, 0.25) is 5.91 Å². The molecule has 0 bridgehead atoms. The van der Waals surface area contributed by atoms with Gasteiger partial charge in [-0.15, -0.1) is 24.8 Å². The molecule has 1 heterocycles. The normalized spacial score (nSPS) is 15.0. The molecule has 31 heavy (non-hydrogen) atoms. The Kier molecular flexibility index (Phi) is 9.11. The van der Waals surface area contributed by atoms with E-state index >= 15 is 0 Å². The monoisotopic (exact) mass is 460 g/mol. The Morgan fingerprint density at radius 1 is 1.06 bits per heavy atom. The highest BCUT2D eigenvalue weighted by Crippen LogP contribution is 2.43. The molecule has 3 aromatic rings. The summed E-state index contributed by atoms with van der Waals surface area (Å²) < 4.78 is 2.02. The second-order valence-electron chi connectivity index (χ2n) is 8.05. The van der Waals surface area contributed by atoms with Crippen LogP contribution in [0.1, 0.15) is 36.1 Å². The van der Waals surface area contributed by atoms with E-state index in [9.17, 15) is 4.79 Å². The molecule has 4 rings (SSSR count). The highest BCUT2D eigenvalue weighted by Gasteiger charge is 2.38. The SMILES string of the molecule is Cl.Cl.N[C@@H](Cc1cn(Cc2ccccc2)cn1)C(=O)NCC1(c2ccccc2)CCC1. The lowest BCUT2D eigenvalue weighted by Crippen LogP contribution is -2.50. The molecule has 5 nitrogen and oxygen atoms in total. The number of nitrogens with zero attached hydrogens (tertiary/aromatic N) is 2. The average molecular weight is 461 g/mol. The molecule has 7 heteroatoms. The number of benzene rings is 2. The van der Waals surface area contributed by atoms with Crippen LogP contribution >= 0.6 is 24.8 Å². The quantitative estimate of drug-likeness (QED) is 0.535. The number of hydrogen-bond donors (Lipinski definition) is 2. The van der Waals surface area contributed by atoms with Crippen LogP contribution in [-0.4, -0.2) is 28.0 Å². The molecule has 0 spiro atoms. The minimum atomic E-state index is -0.594. The summed E-state index contributed by atoms with van der Waals surface area (Å²) in [4.78, 5) is 17.0. The van der Waals surface area contributed by atoms with E-state index in [1.807, 2.05) is 35.0 Å². The van der Waals surface area contributed by atoms with Crippen LogP contribution in [0, 0.1) is 0 Å². The summed E-state index contributed by atoms with van der Waals surface area (Å²) in [5, 5.41) is 3.09. The minimum absolute atomic E-state index is 0. The predicted octanol–water partition coefficient (Wildman–Crippen LogP) is 3.88. The maximum atomic E-state index is 12.6. The highest BCUT2D eigenvalue weighted by molar-refractivity contribution is 5.85. The van der Waals surface area contributed by atoms with Crippen LogP contribution in [0.5, 0.6) is 0 Å². The van der Waals surface area contributed by atoms with Crippen LogP contribution in [-0.2, 0) is 23.2 Å². The average Bonchev–Trinajstić information content (AvgIpc) is 3.15. The van der Waals surface area contributed by atoms with Crippen molar-refractivity contribution in [2.75, 3.05) is 6.54 Å². The number of rotatable bonds is 8. The Balaban J connectivity index is 0.00000171. The van der Waals surface area contributed by atoms with E-state index in [2.05, 4.69) is 46.7 Å². The highest BCUT2D eigenvalue weighted by atomic mass is 35.5. The van der Waals surface area contributed by atoms with Crippen molar-refractivity contribution in [3.05, 3.63) is 90.0 Å². The van der Waals surface area contributed by atoms with Crippen molar-refractivity contribution >= 4 is 30.7 Å². The molecule has 1 fully saturated rings. The van der Waals surface area contributed by atoms with Crippen molar-refractivity contribution in [3.8, 4) is 0 Å². The molecule has 2 aromatic carbocycles. The van der Waals surface area contributed by atoms with E-state index < -0.39 is 6.04 Å². The number of imidazole rings is 1. The fraction of sp³-hybridized carbons (Fsp3) is 0.333. The van der Waals surface area contributed by atoms with Gasteiger partial charge in [-0.1, -0.05) is 67.1 Å². The molecular weight excluding hydrogens is 431 g/mol. The number of hydrogen-bond acceptors (Lipinski definition) is 3. The van der Waals surface area contributed by atoms with Gasteiger partial charge in [-0.05, 0) is 24.0 Å². The molecule has 166 valence electrons. The third-order valence-electron chi connectivity index (χ3n) is 5.96. The first-order valence-electron chi connectivity index (χ1n) is 10.3. The summed E-state index contributed by atoms with van der Waals surface area (Å²) in [5.41, 5.74) is 9.60. The van der Waals surface area contributed by atoms with Gasteiger partial charge >= 0.3 is 0 Å². The van der Waals surface area contributed by atoms with Crippen LogP contribution < -0.4 is 11.1 Å². The van der Waals surface area contributed by atoms with Gasteiger partial charge in [0.25, 0.3) is 0 Å². The number of halogens is 2. The van der Waals surface area contributed by atoms with Crippen molar-refractivity contribution in [2.24, 2.45) is 5.73 Å². The zero-order chi connectivity index (χ0) is 20.1. The largest absolute Gasteiger partial charge is 0.354 e. The van der Waals surface area contributed by atoms with Gasteiger partial charge < -0.3 is 15.6 Å². The van der Waals surface area contributed by atoms with Crippen molar-refractivity contribution in [2.45, 2.75) is 43.7 Å². The van der Waals surface area contributed by atoms with Gasteiger partial charge in [0.15, 0.2) is 0 Å². The summed E-state index contributed by atoms with van der Waals surface area (Å²) in [6.45, 7) is 1.40. The minimum Gasteiger partial charge on any atom is -0.354 e. The first-order chi connectivity index (χ1) is 14.1. The molecular formula is C24H30Cl2N4O. The summed E-state index contributed by atoms with van der Waals surface area (Å²) >= 11 is 0. The second-order valence-corrected chi connectivity index (χ2v) is 8.05. The standard InChI is InChI=1S/C24H28N4O.2ClH/c25-22(14-21-16-28(18-27-21)15-19-8-3-1-4-9-19)23(29)26-17-24(12-7-13-24)20-10-5-2-6-11-20;;/h1-6,8-11,16,18,22H,7,12-15,17,25H2,(H,26,29);2*1H/t22-;;/m0../s1. The molecule has 1 atom stereocenters. The topological polar surface area (TPSA) is 72.9 Å². The lowest BCUT2D eigenvalue weighted by Gasteiger charge is -2.42. The van der Waals surface area contributed by atoms with Gasteiger partial charge in [-0.25, -0.2) is 4.98 Å². The molecule has 1 aliphatic rings. The third kappa shape index (κ3) is 6.10. The Labute approximate surface area is 196 Å². The molecule has 0 saturated heterocycles. The Morgan fingerprint density at radius 2 is 1.71 bits per heavy atom. The summed E-state index contributed by atoms with van der Waals surface area (Å²) in [6.07, 6.45) is 7.62. The molecule has 0 aliphatic heterocycles. The molecule has 0 radical (unpaired) electrons. The fourth-order valence-corrected chi connectivity index (χ4v) is 4.06.